The molecule has 2 amide bonds. The second-order valence-corrected chi connectivity index (χ2v) is 5.74. The molecule has 0 radical (unpaired) electrons. The van der Waals surface area contributed by atoms with Gasteiger partial charge in [-0.2, -0.15) is 0 Å². The number of likely N-dealkylation sites (N-methyl/N-ethyl adjacent to an activating group) is 1. The molecule has 21 heavy (non-hydrogen) atoms. The summed E-state index contributed by atoms with van der Waals surface area (Å²) in [5.74, 6) is -0.533. The second-order valence-electron chi connectivity index (χ2n) is 4.28. The molecule has 0 aliphatic heterocycles. The van der Waals surface area contributed by atoms with Gasteiger partial charge in [-0.3, -0.25) is 9.59 Å². The van der Waals surface area contributed by atoms with E-state index in [0.717, 1.165) is 15.0 Å². The predicted molar refractivity (Wildman–Crippen MR) is 87.6 cm³/mol. The van der Waals surface area contributed by atoms with Gasteiger partial charge in [0.15, 0.2) is 0 Å². The van der Waals surface area contributed by atoms with Crippen LogP contribution in [0.5, 0.6) is 0 Å². The van der Waals surface area contributed by atoms with Gasteiger partial charge in [-0.15, -0.1) is 11.3 Å². The summed E-state index contributed by atoms with van der Waals surface area (Å²) in [7, 11) is 0. The zero-order valence-electron chi connectivity index (χ0n) is 11.5. The standard InChI is InChI=1S/C15H15ClN2O2S/c1-2-17-14(20)9-18-13(19)8-7-12-15(16)10-5-3-4-6-11(10)21-12/h3-8H,2,9H2,1H3,(H,17,20)(H,18,19)/b8-7+. The Morgan fingerprint density at radius 3 is 2.76 bits per heavy atom. The molecule has 6 heteroatoms. The number of rotatable bonds is 5. The normalized spacial score (nSPS) is 11.0. The van der Waals surface area contributed by atoms with Gasteiger partial charge in [0, 0.05) is 27.6 Å². The molecule has 0 unspecified atom stereocenters. The lowest BCUT2D eigenvalue weighted by molar-refractivity contribution is -0.123. The molecular formula is C15H15ClN2O2S. The third-order valence-electron chi connectivity index (χ3n) is 2.74. The van der Waals surface area contributed by atoms with Gasteiger partial charge in [-0.05, 0) is 19.1 Å². The molecule has 0 saturated heterocycles. The van der Waals surface area contributed by atoms with E-state index in [1.54, 1.807) is 6.08 Å². The fraction of sp³-hybridized carbons (Fsp3) is 0.200. The molecule has 2 rings (SSSR count). The highest BCUT2D eigenvalue weighted by Crippen LogP contribution is 2.35. The van der Waals surface area contributed by atoms with Crippen molar-refractivity contribution in [2.45, 2.75) is 6.92 Å². The number of hydrogen-bond acceptors (Lipinski definition) is 3. The number of thiophene rings is 1. The molecule has 2 N–H and O–H groups in total. The second kappa shape index (κ2) is 7.24. The molecule has 1 aromatic heterocycles. The highest BCUT2D eigenvalue weighted by atomic mass is 35.5. The summed E-state index contributed by atoms with van der Waals surface area (Å²) in [5.41, 5.74) is 0. The first kappa shape index (κ1) is 15.5. The van der Waals surface area contributed by atoms with E-state index >= 15 is 0 Å². The molecule has 0 fully saturated rings. The summed E-state index contributed by atoms with van der Waals surface area (Å²) in [4.78, 5) is 23.7. The van der Waals surface area contributed by atoms with Crippen LogP contribution < -0.4 is 10.6 Å². The van der Waals surface area contributed by atoms with Crippen LogP contribution in [0.4, 0.5) is 0 Å². The molecule has 0 bridgehead atoms. The van der Waals surface area contributed by atoms with E-state index < -0.39 is 0 Å². The van der Waals surface area contributed by atoms with E-state index in [9.17, 15) is 9.59 Å². The average molecular weight is 323 g/mol. The van der Waals surface area contributed by atoms with Crippen molar-refractivity contribution in [3.63, 3.8) is 0 Å². The molecule has 0 atom stereocenters. The number of nitrogens with one attached hydrogen (secondary N) is 2. The Morgan fingerprint density at radius 1 is 1.29 bits per heavy atom. The fourth-order valence-corrected chi connectivity index (χ4v) is 3.18. The van der Waals surface area contributed by atoms with Crippen LogP contribution in [0.25, 0.3) is 16.2 Å². The monoisotopic (exact) mass is 322 g/mol. The van der Waals surface area contributed by atoms with Crippen molar-refractivity contribution >= 4 is 50.9 Å². The number of carbonyl (C=O) groups excluding carboxylic acids is 2. The van der Waals surface area contributed by atoms with Gasteiger partial charge < -0.3 is 10.6 Å². The highest BCUT2D eigenvalue weighted by Gasteiger charge is 2.07. The molecule has 0 aliphatic carbocycles. The van der Waals surface area contributed by atoms with Crippen LogP contribution in [0.1, 0.15) is 11.8 Å². The largest absolute Gasteiger partial charge is 0.355 e. The van der Waals surface area contributed by atoms with Crippen LogP contribution >= 0.6 is 22.9 Å². The van der Waals surface area contributed by atoms with Gasteiger partial charge in [0.2, 0.25) is 11.8 Å². The van der Waals surface area contributed by atoms with E-state index in [1.165, 1.54) is 17.4 Å². The van der Waals surface area contributed by atoms with Gasteiger partial charge in [0.05, 0.1) is 11.6 Å². The molecule has 4 nitrogen and oxygen atoms in total. The molecule has 0 spiro atoms. The Balaban J connectivity index is 2.01. The van der Waals surface area contributed by atoms with Crippen LogP contribution in [0, 0.1) is 0 Å². The third kappa shape index (κ3) is 4.06. The van der Waals surface area contributed by atoms with E-state index in [4.69, 9.17) is 11.6 Å². The maximum atomic E-state index is 11.6. The number of fused-ring (bicyclic) bond motifs is 1. The fourth-order valence-electron chi connectivity index (χ4n) is 1.78. The maximum Gasteiger partial charge on any atom is 0.244 e. The van der Waals surface area contributed by atoms with Gasteiger partial charge in [0.1, 0.15) is 0 Å². The summed E-state index contributed by atoms with van der Waals surface area (Å²) in [5, 5.41) is 6.74. The van der Waals surface area contributed by atoms with Crippen LogP contribution in [-0.2, 0) is 9.59 Å². The Kier molecular flexibility index (Phi) is 5.36. The molecule has 1 heterocycles. The first-order chi connectivity index (χ1) is 10.1. The topological polar surface area (TPSA) is 58.2 Å². The van der Waals surface area contributed by atoms with Crippen LogP contribution in [0.2, 0.25) is 5.02 Å². The third-order valence-corrected chi connectivity index (χ3v) is 4.40. The number of benzene rings is 1. The van der Waals surface area contributed by atoms with Crippen LogP contribution in [0.15, 0.2) is 30.3 Å². The lowest BCUT2D eigenvalue weighted by atomic mass is 10.2. The van der Waals surface area contributed by atoms with Crippen molar-refractivity contribution in [2.75, 3.05) is 13.1 Å². The van der Waals surface area contributed by atoms with Crippen molar-refractivity contribution in [3.8, 4) is 0 Å². The van der Waals surface area contributed by atoms with Gasteiger partial charge in [-0.1, -0.05) is 29.8 Å². The number of amides is 2. The molecule has 0 aliphatic rings. The van der Waals surface area contributed by atoms with Crippen molar-refractivity contribution < 1.29 is 9.59 Å². The average Bonchev–Trinajstić information content (AvgIpc) is 2.80. The summed E-state index contributed by atoms with van der Waals surface area (Å²) in [6.45, 7) is 2.34. The van der Waals surface area contributed by atoms with E-state index in [2.05, 4.69) is 10.6 Å². The van der Waals surface area contributed by atoms with E-state index in [-0.39, 0.29) is 18.4 Å². The van der Waals surface area contributed by atoms with Crippen molar-refractivity contribution in [1.29, 1.82) is 0 Å². The molecule has 110 valence electrons. The lowest BCUT2D eigenvalue weighted by Gasteiger charge is -2.01. The first-order valence-corrected chi connectivity index (χ1v) is 7.71. The van der Waals surface area contributed by atoms with Gasteiger partial charge >= 0.3 is 0 Å². The van der Waals surface area contributed by atoms with Crippen molar-refractivity contribution in [2.24, 2.45) is 0 Å². The minimum absolute atomic E-state index is 0.0306. The molecule has 0 saturated carbocycles. The van der Waals surface area contributed by atoms with Gasteiger partial charge in [0.25, 0.3) is 0 Å². The molecule has 2 aromatic rings. The van der Waals surface area contributed by atoms with Crippen LogP contribution in [0.3, 0.4) is 0 Å². The Labute approximate surface area is 131 Å². The molecular weight excluding hydrogens is 308 g/mol. The maximum absolute atomic E-state index is 11.6. The van der Waals surface area contributed by atoms with Crippen molar-refractivity contribution in [1.82, 2.24) is 10.6 Å². The number of hydrogen-bond donors (Lipinski definition) is 2. The zero-order valence-corrected chi connectivity index (χ0v) is 13.1. The lowest BCUT2D eigenvalue weighted by Crippen LogP contribution is -2.35. The summed E-state index contributed by atoms with van der Waals surface area (Å²) in [6.07, 6.45) is 3.05. The van der Waals surface area contributed by atoms with Crippen molar-refractivity contribution in [3.05, 3.63) is 40.2 Å². The minimum Gasteiger partial charge on any atom is -0.355 e. The Bertz CT molecular complexity index is 694. The number of halogens is 1. The van der Waals surface area contributed by atoms with Crippen LogP contribution in [-0.4, -0.2) is 24.9 Å². The summed E-state index contributed by atoms with van der Waals surface area (Å²) < 4.78 is 1.07. The minimum atomic E-state index is -0.324. The Hall–Kier alpha value is -1.85. The first-order valence-electron chi connectivity index (χ1n) is 6.51. The quantitative estimate of drug-likeness (QED) is 0.832. The highest BCUT2D eigenvalue weighted by molar-refractivity contribution is 7.20. The van der Waals surface area contributed by atoms with Gasteiger partial charge in [-0.25, -0.2) is 0 Å². The summed E-state index contributed by atoms with van der Waals surface area (Å²) >= 11 is 7.79. The zero-order chi connectivity index (χ0) is 15.2. The van der Waals surface area contributed by atoms with E-state index in [1.807, 2.05) is 31.2 Å². The smallest absolute Gasteiger partial charge is 0.244 e. The summed E-state index contributed by atoms with van der Waals surface area (Å²) in [6, 6.07) is 7.80. The SMILES string of the molecule is CCNC(=O)CNC(=O)/C=C/c1sc2ccccc2c1Cl. The molecule has 1 aromatic carbocycles. The number of carbonyl (C=O) groups is 2. The van der Waals surface area contributed by atoms with E-state index in [0.29, 0.717) is 11.6 Å². The Morgan fingerprint density at radius 2 is 2.05 bits per heavy atom. The predicted octanol–water partition coefficient (Wildman–Crippen LogP) is 2.82.